The van der Waals surface area contributed by atoms with Crippen molar-refractivity contribution in [2.24, 2.45) is 0 Å². The Morgan fingerprint density at radius 1 is 0.913 bits per heavy atom. The fraction of sp³-hybridized carbons (Fsp3) is 0.273. The largest absolute Gasteiger partial charge is 0.295 e. The van der Waals surface area contributed by atoms with Crippen molar-refractivity contribution in [3.8, 4) is 0 Å². The fourth-order valence-electron chi connectivity index (χ4n) is 4.00. The Kier molecular flexibility index (Phi) is 3.88. The number of hydrogen-bond donors (Lipinski definition) is 0. The van der Waals surface area contributed by atoms with E-state index in [2.05, 4.69) is 78.7 Å². The zero-order chi connectivity index (χ0) is 15.6. The second-order valence-electron chi connectivity index (χ2n) is 6.66. The Hall–Kier alpha value is -2.12. The molecule has 0 fully saturated rings. The van der Waals surface area contributed by atoms with Crippen molar-refractivity contribution in [1.29, 1.82) is 0 Å². The molecule has 1 unspecified atom stereocenters. The van der Waals surface area contributed by atoms with Gasteiger partial charge < -0.3 is 0 Å². The van der Waals surface area contributed by atoms with Crippen LogP contribution >= 0.6 is 0 Å². The Morgan fingerprint density at radius 2 is 1.70 bits per heavy atom. The maximum absolute atomic E-state index is 2.53. The van der Waals surface area contributed by atoms with Gasteiger partial charge in [-0.1, -0.05) is 66.7 Å². The molecule has 23 heavy (non-hydrogen) atoms. The summed E-state index contributed by atoms with van der Waals surface area (Å²) in [4.78, 5) is 2.53. The molecule has 1 aliphatic rings. The van der Waals surface area contributed by atoms with E-state index in [0.29, 0.717) is 6.04 Å². The van der Waals surface area contributed by atoms with Gasteiger partial charge in [0.25, 0.3) is 0 Å². The van der Waals surface area contributed by atoms with E-state index in [0.717, 1.165) is 6.54 Å². The molecule has 116 valence electrons. The highest BCUT2D eigenvalue weighted by Gasteiger charge is 2.23. The molecule has 0 bridgehead atoms. The van der Waals surface area contributed by atoms with E-state index in [-0.39, 0.29) is 0 Å². The quantitative estimate of drug-likeness (QED) is 0.630. The highest BCUT2D eigenvalue weighted by atomic mass is 15.1. The Bertz CT molecular complexity index is 816. The first-order valence-corrected chi connectivity index (χ1v) is 8.57. The first-order valence-electron chi connectivity index (χ1n) is 8.57. The normalized spacial score (nSPS) is 17.4. The molecular formula is C22H23N. The van der Waals surface area contributed by atoms with Crippen LogP contribution in [0, 0.1) is 0 Å². The molecule has 3 aromatic carbocycles. The van der Waals surface area contributed by atoms with Crippen molar-refractivity contribution in [3.63, 3.8) is 0 Å². The Morgan fingerprint density at radius 3 is 2.65 bits per heavy atom. The molecule has 0 spiro atoms. The summed E-state index contributed by atoms with van der Waals surface area (Å²) in [6.07, 6.45) is 3.79. The van der Waals surface area contributed by atoms with Crippen LogP contribution < -0.4 is 0 Å². The van der Waals surface area contributed by atoms with Crippen molar-refractivity contribution in [2.45, 2.75) is 31.8 Å². The van der Waals surface area contributed by atoms with Gasteiger partial charge in [-0.25, -0.2) is 0 Å². The first kappa shape index (κ1) is 14.5. The van der Waals surface area contributed by atoms with Gasteiger partial charge in [-0.2, -0.15) is 0 Å². The summed E-state index contributed by atoms with van der Waals surface area (Å²) >= 11 is 0. The number of nitrogens with zero attached hydrogens (tertiary/aromatic N) is 1. The maximum atomic E-state index is 2.53. The Balaban J connectivity index is 1.64. The van der Waals surface area contributed by atoms with E-state index >= 15 is 0 Å². The third-order valence-corrected chi connectivity index (χ3v) is 5.17. The molecule has 0 amide bonds. The van der Waals surface area contributed by atoms with Crippen molar-refractivity contribution < 1.29 is 0 Å². The fourth-order valence-corrected chi connectivity index (χ4v) is 4.00. The highest BCUT2D eigenvalue weighted by Crippen LogP contribution is 2.34. The minimum Gasteiger partial charge on any atom is -0.295 e. The molecule has 1 atom stereocenters. The van der Waals surface area contributed by atoms with E-state index in [1.165, 1.54) is 46.7 Å². The van der Waals surface area contributed by atoms with Gasteiger partial charge in [-0.15, -0.1) is 0 Å². The van der Waals surface area contributed by atoms with Gasteiger partial charge in [-0.05, 0) is 53.8 Å². The zero-order valence-corrected chi connectivity index (χ0v) is 13.7. The van der Waals surface area contributed by atoms with Gasteiger partial charge in [0.2, 0.25) is 0 Å². The van der Waals surface area contributed by atoms with Crippen LogP contribution in [0.5, 0.6) is 0 Å². The molecule has 0 heterocycles. The van der Waals surface area contributed by atoms with Crippen LogP contribution in [0.15, 0.2) is 66.7 Å². The van der Waals surface area contributed by atoms with E-state index < -0.39 is 0 Å². The molecule has 3 aromatic rings. The standard InChI is InChI=1S/C22H23N/c1-23(22-15-7-11-18-9-3-5-14-21(18)22)16-19-12-6-10-17-8-2-4-13-20(17)19/h2-6,8-10,12-14,22H,7,11,15-16H2,1H3. The lowest BCUT2D eigenvalue weighted by Gasteiger charge is -2.33. The van der Waals surface area contributed by atoms with Crippen LogP contribution in [0.2, 0.25) is 0 Å². The molecule has 0 saturated heterocycles. The number of benzene rings is 3. The average molecular weight is 301 g/mol. The number of rotatable bonds is 3. The van der Waals surface area contributed by atoms with Gasteiger partial charge in [0.05, 0.1) is 0 Å². The summed E-state index contributed by atoms with van der Waals surface area (Å²) in [5.41, 5.74) is 4.49. The summed E-state index contributed by atoms with van der Waals surface area (Å²) in [7, 11) is 2.27. The lowest BCUT2D eigenvalue weighted by molar-refractivity contribution is 0.214. The molecule has 1 aliphatic carbocycles. The highest BCUT2D eigenvalue weighted by molar-refractivity contribution is 5.85. The summed E-state index contributed by atoms with van der Waals surface area (Å²) in [6.45, 7) is 1.00. The van der Waals surface area contributed by atoms with Gasteiger partial charge in [0.1, 0.15) is 0 Å². The summed E-state index contributed by atoms with van der Waals surface area (Å²) in [6, 6.07) is 24.9. The molecule has 0 saturated carbocycles. The maximum Gasteiger partial charge on any atom is 0.0351 e. The molecule has 0 aromatic heterocycles. The minimum atomic E-state index is 0.541. The van der Waals surface area contributed by atoms with Crippen LogP contribution in [0.4, 0.5) is 0 Å². The summed E-state index contributed by atoms with van der Waals surface area (Å²) < 4.78 is 0. The molecular weight excluding hydrogens is 278 g/mol. The van der Waals surface area contributed by atoms with E-state index in [9.17, 15) is 0 Å². The van der Waals surface area contributed by atoms with Crippen LogP contribution in [0.1, 0.15) is 35.6 Å². The van der Waals surface area contributed by atoms with Crippen molar-refractivity contribution in [3.05, 3.63) is 83.4 Å². The van der Waals surface area contributed by atoms with E-state index in [1.807, 2.05) is 0 Å². The third-order valence-electron chi connectivity index (χ3n) is 5.17. The van der Waals surface area contributed by atoms with Crippen molar-refractivity contribution in [1.82, 2.24) is 4.90 Å². The predicted molar refractivity (Wildman–Crippen MR) is 97.5 cm³/mol. The first-order chi connectivity index (χ1) is 11.3. The van der Waals surface area contributed by atoms with Crippen LogP contribution in [0.25, 0.3) is 10.8 Å². The molecule has 1 heteroatoms. The van der Waals surface area contributed by atoms with Gasteiger partial charge >= 0.3 is 0 Å². The molecule has 1 nitrogen and oxygen atoms in total. The molecule has 0 radical (unpaired) electrons. The minimum absolute atomic E-state index is 0.541. The smallest absolute Gasteiger partial charge is 0.0351 e. The number of hydrogen-bond acceptors (Lipinski definition) is 1. The lowest BCUT2D eigenvalue weighted by Crippen LogP contribution is -2.27. The van der Waals surface area contributed by atoms with Crippen LogP contribution in [-0.4, -0.2) is 11.9 Å². The predicted octanol–water partition coefficient (Wildman–Crippen LogP) is 5.35. The van der Waals surface area contributed by atoms with Crippen molar-refractivity contribution in [2.75, 3.05) is 7.05 Å². The van der Waals surface area contributed by atoms with Gasteiger partial charge in [0, 0.05) is 12.6 Å². The van der Waals surface area contributed by atoms with Gasteiger partial charge in [-0.3, -0.25) is 4.90 Å². The molecule has 0 aliphatic heterocycles. The monoisotopic (exact) mass is 301 g/mol. The topological polar surface area (TPSA) is 3.24 Å². The van der Waals surface area contributed by atoms with E-state index in [1.54, 1.807) is 0 Å². The molecule has 0 N–H and O–H groups in total. The molecule has 4 rings (SSSR count). The summed E-state index contributed by atoms with van der Waals surface area (Å²) in [5, 5.41) is 2.72. The van der Waals surface area contributed by atoms with Crippen LogP contribution in [-0.2, 0) is 13.0 Å². The van der Waals surface area contributed by atoms with E-state index in [4.69, 9.17) is 0 Å². The average Bonchev–Trinajstić information content (AvgIpc) is 2.61. The second kappa shape index (κ2) is 6.17. The third kappa shape index (κ3) is 2.77. The summed E-state index contributed by atoms with van der Waals surface area (Å²) in [5.74, 6) is 0. The number of aryl methyl sites for hydroxylation is 1. The lowest BCUT2D eigenvalue weighted by atomic mass is 9.87. The van der Waals surface area contributed by atoms with Crippen molar-refractivity contribution >= 4 is 10.8 Å². The van der Waals surface area contributed by atoms with Gasteiger partial charge in [0.15, 0.2) is 0 Å². The zero-order valence-electron chi connectivity index (χ0n) is 13.7. The number of fused-ring (bicyclic) bond motifs is 2. The second-order valence-corrected chi connectivity index (χ2v) is 6.66. The SMILES string of the molecule is CN(Cc1cccc2ccccc12)C1CCCc2ccccc21. The van der Waals surface area contributed by atoms with Crippen LogP contribution in [0.3, 0.4) is 0 Å². The Labute approximate surface area is 138 Å².